The standard InChI is InChI=1S/C19H15F6N3/c20-18(21,22)11-8-13(19(23,24)25)15-14(9-11)27-16(28-15)17(26)7-3-5-10-4-1-2-6-12(10)17/h1-2,4,6,8-9H,3,5,7,26H2,(H,27,28). The van der Waals surface area contributed by atoms with Crippen LogP contribution in [0.1, 0.15) is 40.9 Å². The first-order valence-electron chi connectivity index (χ1n) is 8.56. The molecule has 4 rings (SSSR count). The van der Waals surface area contributed by atoms with Crippen molar-refractivity contribution in [3.63, 3.8) is 0 Å². The molecular weight excluding hydrogens is 384 g/mol. The van der Waals surface area contributed by atoms with Crippen molar-refractivity contribution >= 4 is 11.0 Å². The highest BCUT2D eigenvalue weighted by atomic mass is 19.4. The van der Waals surface area contributed by atoms with E-state index in [1.807, 2.05) is 12.1 Å². The quantitative estimate of drug-likeness (QED) is 0.557. The molecule has 0 radical (unpaired) electrons. The summed E-state index contributed by atoms with van der Waals surface area (Å²) in [5, 5.41) is 0. The largest absolute Gasteiger partial charge is 0.418 e. The van der Waals surface area contributed by atoms with E-state index in [2.05, 4.69) is 9.97 Å². The second-order valence-corrected chi connectivity index (χ2v) is 6.98. The molecule has 2 aromatic carbocycles. The zero-order chi connectivity index (χ0) is 20.3. The molecule has 0 amide bonds. The van der Waals surface area contributed by atoms with Gasteiger partial charge in [0.1, 0.15) is 16.9 Å². The number of benzene rings is 2. The molecule has 1 unspecified atom stereocenters. The number of imidazole rings is 1. The second-order valence-electron chi connectivity index (χ2n) is 6.98. The lowest BCUT2D eigenvalue weighted by molar-refractivity contribution is -0.142. The highest BCUT2D eigenvalue weighted by Gasteiger charge is 2.41. The van der Waals surface area contributed by atoms with E-state index >= 15 is 0 Å². The Balaban J connectivity index is 1.96. The van der Waals surface area contributed by atoms with Gasteiger partial charge in [0, 0.05) is 0 Å². The van der Waals surface area contributed by atoms with Gasteiger partial charge in [0.25, 0.3) is 0 Å². The lowest BCUT2D eigenvalue weighted by Gasteiger charge is -2.34. The van der Waals surface area contributed by atoms with Crippen molar-refractivity contribution in [3.8, 4) is 0 Å². The third kappa shape index (κ3) is 2.94. The van der Waals surface area contributed by atoms with E-state index in [0.29, 0.717) is 24.5 Å². The van der Waals surface area contributed by atoms with E-state index < -0.39 is 34.5 Å². The van der Waals surface area contributed by atoms with Crippen LogP contribution in [0, 0.1) is 0 Å². The van der Waals surface area contributed by atoms with Crippen LogP contribution in [0.25, 0.3) is 11.0 Å². The number of aryl methyl sites for hydroxylation is 1. The maximum Gasteiger partial charge on any atom is 0.418 e. The van der Waals surface area contributed by atoms with Gasteiger partial charge < -0.3 is 10.7 Å². The Hall–Kier alpha value is -2.55. The van der Waals surface area contributed by atoms with Gasteiger partial charge in [-0.1, -0.05) is 24.3 Å². The lowest BCUT2D eigenvalue weighted by Crippen LogP contribution is -2.42. The molecule has 9 heteroatoms. The van der Waals surface area contributed by atoms with Gasteiger partial charge in [0.2, 0.25) is 0 Å². The molecule has 1 aliphatic rings. The van der Waals surface area contributed by atoms with E-state index in [1.165, 1.54) is 0 Å². The Labute approximate surface area is 155 Å². The van der Waals surface area contributed by atoms with E-state index in [1.54, 1.807) is 12.1 Å². The number of nitrogens with zero attached hydrogens (tertiary/aromatic N) is 1. The Kier molecular flexibility index (Phi) is 4.01. The highest BCUT2D eigenvalue weighted by Crippen LogP contribution is 2.42. The predicted molar refractivity (Wildman–Crippen MR) is 90.4 cm³/mol. The minimum absolute atomic E-state index is 0.0273. The fourth-order valence-corrected chi connectivity index (χ4v) is 3.82. The fourth-order valence-electron chi connectivity index (χ4n) is 3.82. The first-order chi connectivity index (χ1) is 13.0. The van der Waals surface area contributed by atoms with E-state index in [0.717, 1.165) is 12.0 Å². The van der Waals surface area contributed by atoms with Gasteiger partial charge in [-0.05, 0) is 42.5 Å². The Morgan fingerprint density at radius 2 is 1.71 bits per heavy atom. The maximum absolute atomic E-state index is 13.4. The number of H-pyrrole nitrogens is 1. The summed E-state index contributed by atoms with van der Waals surface area (Å²) in [7, 11) is 0. The van der Waals surface area contributed by atoms with Crippen LogP contribution >= 0.6 is 0 Å². The first kappa shape index (κ1) is 18.8. The molecule has 0 aliphatic heterocycles. The number of rotatable bonds is 1. The number of nitrogens with one attached hydrogen (secondary N) is 1. The summed E-state index contributed by atoms with van der Waals surface area (Å²) in [4.78, 5) is 6.66. The number of nitrogens with two attached hydrogens (primary N) is 1. The van der Waals surface area contributed by atoms with Gasteiger partial charge in [0.05, 0.1) is 16.6 Å². The monoisotopic (exact) mass is 399 g/mol. The van der Waals surface area contributed by atoms with Crippen LogP contribution in [-0.2, 0) is 24.3 Å². The number of hydrogen-bond donors (Lipinski definition) is 2. The minimum Gasteiger partial charge on any atom is -0.340 e. The van der Waals surface area contributed by atoms with Gasteiger partial charge >= 0.3 is 12.4 Å². The molecule has 3 aromatic rings. The van der Waals surface area contributed by atoms with E-state index in [9.17, 15) is 26.3 Å². The van der Waals surface area contributed by atoms with Crippen LogP contribution in [0.5, 0.6) is 0 Å². The molecule has 1 aliphatic carbocycles. The van der Waals surface area contributed by atoms with Crippen LogP contribution < -0.4 is 5.73 Å². The lowest BCUT2D eigenvalue weighted by atomic mass is 9.77. The second kappa shape index (κ2) is 5.97. The Morgan fingerprint density at radius 1 is 1.00 bits per heavy atom. The number of aromatic amines is 1. The summed E-state index contributed by atoms with van der Waals surface area (Å²) in [5.41, 5.74) is 3.27. The zero-order valence-electron chi connectivity index (χ0n) is 14.4. The van der Waals surface area contributed by atoms with Crippen LogP contribution in [0.3, 0.4) is 0 Å². The number of aromatic nitrogens is 2. The molecule has 148 valence electrons. The normalized spacial score (nSPS) is 20.4. The van der Waals surface area contributed by atoms with Crippen LogP contribution in [0.2, 0.25) is 0 Å². The van der Waals surface area contributed by atoms with Gasteiger partial charge in [-0.25, -0.2) is 4.98 Å². The molecule has 0 saturated heterocycles. The van der Waals surface area contributed by atoms with Crippen molar-refractivity contribution in [2.45, 2.75) is 37.2 Å². The molecule has 0 fully saturated rings. The Bertz CT molecular complexity index is 1050. The molecule has 1 heterocycles. The molecule has 1 aromatic heterocycles. The predicted octanol–water partition coefficient (Wildman–Crippen LogP) is 5.14. The smallest absolute Gasteiger partial charge is 0.340 e. The van der Waals surface area contributed by atoms with Gasteiger partial charge in [-0.2, -0.15) is 26.3 Å². The first-order valence-corrected chi connectivity index (χ1v) is 8.56. The SMILES string of the molecule is NC1(c2nc3c(C(F)(F)F)cc(C(F)(F)F)cc3[nH]2)CCCc2ccccc21. The number of hydrogen-bond acceptors (Lipinski definition) is 2. The van der Waals surface area contributed by atoms with Gasteiger partial charge in [0.15, 0.2) is 0 Å². The average Bonchev–Trinajstić information content (AvgIpc) is 3.04. The third-order valence-electron chi connectivity index (χ3n) is 5.16. The Morgan fingerprint density at radius 3 is 2.39 bits per heavy atom. The summed E-state index contributed by atoms with van der Waals surface area (Å²) in [5.74, 6) is 0.0273. The molecule has 28 heavy (non-hydrogen) atoms. The van der Waals surface area contributed by atoms with Crippen molar-refractivity contribution in [2.24, 2.45) is 5.73 Å². The number of halogens is 6. The van der Waals surface area contributed by atoms with Crippen molar-refractivity contribution in [1.82, 2.24) is 9.97 Å². The van der Waals surface area contributed by atoms with Crippen molar-refractivity contribution in [3.05, 3.63) is 64.5 Å². The van der Waals surface area contributed by atoms with E-state index in [-0.39, 0.29) is 17.4 Å². The molecule has 3 N–H and O–H groups in total. The fraction of sp³-hybridized carbons (Fsp3) is 0.316. The molecule has 3 nitrogen and oxygen atoms in total. The summed E-state index contributed by atoms with van der Waals surface area (Å²) in [6.45, 7) is 0. The average molecular weight is 399 g/mol. The maximum atomic E-state index is 13.4. The highest BCUT2D eigenvalue weighted by molar-refractivity contribution is 5.81. The summed E-state index contributed by atoms with van der Waals surface area (Å²) < 4.78 is 79.5. The molecule has 1 atom stereocenters. The van der Waals surface area contributed by atoms with Crippen LogP contribution in [0.15, 0.2) is 36.4 Å². The molecule has 0 bridgehead atoms. The summed E-state index contributed by atoms with van der Waals surface area (Å²) >= 11 is 0. The van der Waals surface area contributed by atoms with Crippen LogP contribution in [-0.4, -0.2) is 9.97 Å². The third-order valence-corrected chi connectivity index (χ3v) is 5.16. The summed E-state index contributed by atoms with van der Waals surface area (Å²) in [6, 6.07) is 7.97. The molecule has 0 spiro atoms. The van der Waals surface area contributed by atoms with Gasteiger partial charge in [-0.3, -0.25) is 0 Å². The van der Waals surface area contributed by atoms with Crippen LogP contribution in [0.4, 0.5) is 26.3 Å². The minimum atomic E-state index is -4.99. The van der Waals surface area contributed by atoms with Crippen molar-refractivity contribution in [2.75, 3.05) is 0 Å². The number of fused-ring (bicyclic) bond motifs is 2. The van der Waals surface area contributed by atoms with Gasteiger partial charge in [-0.15, -0.1) is 0 Å². The van der Waals surface area contributed by atoms with E-state index in [4.69, 9.17) is 5.73 Å². The van der Waals surface area contributed by atoms with Crippen molar-refractivity contribution < 1.29 is 26.3 Å². The number of alkyl halides is 6. The topological polar surface area (TPSA) is 54.7 Å². The summed E-state index contributed by atoms with van der Waals surface area (Å²) in [6.07, 6.45) is -8.04. The van der Waals surface area contributed by atoms with Crippen molar-refractivity contribution in [1.29, 1.82) is 0 Å². The zero-order valence-corrected chi connectivity index (χ0v) is 14.4. The molecular formula is C19H15F6N3. The molecule has 0 saturated carbocycles.